The van der Waals surface area contributed by atoms with E-state index in [-0.39, 0.29) is 24.3 Å². The predicted octanol–water partition coefficient (Wildman–Crippen LogP) is 4.64. The molecule has 2 amide bonds. The van der Waals surface area contributed by atoms with Gasteiger partial charge < -0.3 is 19.8 Å². The first-order valence-corrected chi connectivity index (χ1v) is 13.7. The number of carbonyl (C=O) groups is 3. The molecule has 1 saturated carbocycles. The molecule has 0 radical (unpaired) electrons. The van der Waals surface area contributed by atoms with Gasteiger partial charge in [0.2, 0.25) is 11.8 Å². The van der Waals surface area contributed by atoms with Crippen molar-refractivity contribution in [1.82, 2.24) is 9.80 Å². The minimum Gasteiger partial charge on any atom is -0.481 e. The van der Waals surface area contributed by atoms with Gasteiger partial charge in [0, 0.05) is 38.3 Å². The molecule has 206 valence electrons. The van der Waals surface area contributed by atoms with E-state index in [9.17, 15) is 23.9 Å². The Balaban J connectivity index is 1.99. The van der Waals surface area contributed by atoms with Crippen molar-refractivity contribution >= 4 is 23.5 Å². The molecule has 1 aromatic rings. The Morgan fingerprint density at radius 2 is 1.65 bits per heavy atom. The van der Waals surface area contributed by atoms with Crippen molar-refractivity contribution in [2.45, 2.75) is 67.3 Å². The maximum absolute atomic E-state index is 14.5. The number of aliphatic carboxylic acids is 1. The minimum atomic E-state index is -0.960. The molecule has 1 N–H and O–H groups in total. The summed E-state index contributed by atoms with van der Waals surface area (Å²) in [5.41, 5.74) is 0.585. The van der Waals surface area contributed by atoms with E-state index in [0.29, 0.717) is 36.7 Å². The molecule has 1 fully saturated rings. The summed E-state index contributed by atoms with van der Waals surface area (Å²) in [5.74, 6) is -2.28. The van der Waals surface area contributed by atoms with Gasteiger partial charge in [-0.2, -0.15) is 0 Å². The van der Waals surface area contributed by atoms with Crippen LogP contribution in [0, 0.1) is 34.9 Å². The normalized spacial score (nSPS) is 22.8. The summed E-state index contributed by atoms with van der Waals surface area (Å²) >= 11 is 0. The van der Waals surface area contributed by atoms with E-state index in [4.69, 9.17) is 0 Å². The lowest BCUT2D eigenvalue weighted by Gasteiger charge is -2.32. The van der Waals surface area contributed by atoms with Gasteiger partial charge in [-0.15, -0.1) is 0 Å². The second-order valence-corrected chi connectivity index (χ2v) is 12.2. The summed E-state index contributed by atoms with van der Waals surface area (Å²) < 4.78 is 14.5. The van der Waals surface area contributed by atoms with Crippen LogP contribution in [0.15, 0.2) is 18.2 Å². The van der Waals surface area contributed by atoms with Gasteiger partial charge in [0.05, 0.1) is 11.8 Å². The molecular formula is C29H44FN3O4. The lowest BCUT2D eigenvalue weighted by molar-refractivity contribution is -0.142. The van der Waals surface area contributed by atoms with Crippen LogP contribution in [0.5, 0.6) is 0 Å². The first-order valence-electron chi connectivity index (χ1n) is 13.7. The van der Waals surface area contributed by atoms with E-state index < -0.39 is 29.0 Å². The van der Waals surface area contributed by atoms with Gasteiger partial charge in [0.1, 0.15) is 5.82 Å². The highest BCUT2D eigenvalue weighted by atomic mass is 19.1. The molecule has 0 aromatic heterocycles. The topological polar surface area (TPSA) is 81.2 Å². The van der Waals surface area contributed by atoms with Crippen molar-refractivity contribution in [2.75, 3.05) is 37.6 Å². The molecule has 1 aromatic carbocycles. The van der Waals surface area contributed by atoms with Gasteiger partial charge in [-0.1, -0.05) is 41.5 Å². The van der Waals surface area contributed by atoms with Crippen LogP contribution in [0.2, 0.25) is 0 Å². The van der Waals surface area contributed by atoms with E-state index in [2.05, 4.69) is 18.7 Å². The standard InChI is InChI=1S/C29H44FN3O4/c1-19(2)15-24(34)33-14-8-12-31(17-20(3)4)11-7-13-32(18-21-16-22(30)9-10-23(21)33)27(35)25-26(28(36)37)29(25,5)6/h9-10,16,19-20,25-26H,7-8,11-15,17-18H2,1-6H3,(H,36,37). The van der Waals surface area contributed by atoms with Crippen LogP contribution in [0.3, 0.4) is 0 Å². The number of carboxylic acids is 1. The van der Waals surface area contributed by atoms with Crippen LogP contribution in [0.4, 0.5) is 10.1 Å². The molecule has 8 heteroatoms. The Bertz CT molecular complexity index is 993. The number of halogens is 1. The van der Waals surface area contributed by atoms with E-state index in [1.807, 2.05) is 27.7 Å². The van der Waals surface area contributed by atoms with Crippen molar-refractivity contribution in [1.29, 1.82) is 0 Å². The fraction of sp³-hybridized carbons (Fsp3) is 0.690. The van der Waals surface area contributed by atoms with Crippen molar-refractivity contribution in [2.24, 2.45) is 29.1 Å². The van der Waals surface area contributed by atoms with Crippen molar-refractivity contribution in [3.8, 4) is 0 Å². The first-order chi connectivity index (χ1) is 17.3. The fourth-order valence-electron chi connectivity index (χ4n) is 5.76. The largest absolute Gasteiger partial charge is 0.481 e. The summed E-state index contributed by atoms with van der Waals surface area (Å²) in [6.07, 6.45) is 1.92. The Morgan fingerprint density at radius 1 is 1.00 bits per heavy atom. The van der Waals surface area contributed by atoms with Crippen LogP contribution in [-0.4, -0.2) is 65.4 Å². The summed E-state index contributed by atoms with van der Waals surface area (Å²) in [6.45, 7) is 15.6. The average molecular weight is 518 g/mol. The van der Waals surface area contributed by atoms with Crippen molar-refractivity contribution in [3.05, 3.63) is 29.6 Å². The third-order valence-corrected chi connectivity index (χ3v) is 7.63. The number of nitrogens with zero attached hydrogens (tertiary/aromatic N) is 3. The smallest absolute Gasteiger partial charge is 0.307 e. The molecular weight excluding hydrogens is 473 g/mol. The lowest BCUT2D eigenvalue weighted by atomic mass is 10.1. The Morgan fingerprint density at radius 3 is 2.22 bits per heavy atom. The lowest BCUT2D eigenvalue weighted by Crippen LogP contribution is -2.40. The highest BCUT2D eigenvalue weighted by Crippen LogP contribution is 2.59. The molecule has 0 saturated heterocycles. The van der Waals surface area contributed by atoms with E-state index >= 15 is 0 Å². The Labute approximate surface area is 221 Å². The molecule has 0 bridgehead atoms. The number of anilines is 1. The molecule has 2 unspecified atom stereocenters. The number of benzene rings is 1. The third-order valence-electron chi connectivity index (χ3n) is 7.63. The molecule has 37 heavy (non-hydrogen) atoms. The van der Waals surface area contributed by atoms with E-state index in [0.717, 1.165) is 32.5 Å². The van der Waals surface area contributed by atoms with E-state index in [1.54, 1.807) is 15.9 Å². The number of fused-ring (bicyclic) bond motifs is 1. The van der Waals surface area contributed by atoms with Crippen molar-refractivity contribution in [3.63, 3.8) is 0 Å². The second kappa shape index (κ2) is 11.9. The molecule has 7 nitrogen and oxygen atoms in total. The number of carbonyl (C=O) groups excluding carboxylic acids is 2. The predicted molar refractivity (Wildman–Crippen MR) is 143 cm³/mol. The fourth-order valence-corrected chi connectivity index (χ4v) is 5.76. The third kappa shape index (κ3) is 7.09. The van der Waals surface area contributed by atoms with Gasteiger partial charge in [-0.05, 0) is 66.9 Å². The van der Waals surface area contributed by atoms with Gasteiger partial charge in [-0.25, -0.2) is 4.39 Å². The molecule has 2 atom stereocenters. The van der Waals surface area contributed by atoms with Crippen LogP contribution >= 0.6 is 0 Å². The summed E-state index contributed by atoms with van der Waals surface area (Å²) in [6, 6.07) is 4.42. The Kier molecular flexibility index (Phi) is 9.37. The number of amides is 2. The zero-order valence-corrected chi connectivity index (χ0v) is 23.3. The molecule has 1 aliphatic carbocycles. The molecule has 2 aliphatic rings. The molecule has 1 heterocycles. The highest BCUT2D eigenvalue weighted by molar-refractivity contribution is 5.95. The van der Waals surface area contributed by atoms with Crippen molar-refractivity contribution < 1.29 is 23.9 Å². The molecule has 3 rings (SSSR count). The maximum Gasteiger partial charge on any atom is 0.307 e. The van der Waals surface area contributed by atoms with Crippen LogP contribution in [-0.2, 0) is 20.9 Å². The van der Waals surface area contributed by atoms with E-state index in [1.165, 1.54) is 12.1 Å². The number of rotatable bonds is 6. The number of hydrogen-bond acceptors (Lipinski definition) is 4. The number of hydrogen-bond donors (Lipinski definition) is 1. The average Bonchev–Trinajstić information content (AvgIpc) is 3.36. The Hall–Kier alpha value is -2.48. The summed E-state index contributed by atoms with van der Waals surface area (Å²) in [4.78, 5) is 44.7. The van der Waals surface area contributed by atoms with Crippen LogP contribution in [0.1, 0.15) is 66.4 Å². The van der Waals surface area contributed by atoms with Gasteiger partial charge >= 0.3 is 5.97 Å². The first kappa shape index (κ1) is 29.1. The quantitative estimate of drug-likeness (QED) is 0.595. The summed E-state index contributed by atoms with van der Waals surface area (Å²) in [5, 5.41) is 9.67. The molecule has 1 aliphatic heterocycles. The second-order valence-electron chi connectivity index (χ2n) is 12.2. The monoisotopic (exact) mass is 517 g/mol. The van der Waals surface area contributed by atoms with Gasteiger partial charge in [0.15, 0.2) is 0 Å². The van der Waals surface area contributed by atoms with Crippen LogP contribution < -0.4 is 4.90 Å². The molecule has 0 spiro atoms. The maximum atomic E-state index is 14.5. The highest BCUT2D eigenvalue weighted by Gasteiger charge is 2.66. The van der Waals surface area contributed by atoms with Gasteiger partial charge in [-0.3, -0.25) is 14.4 Å². The summed E-state index contributed by atoms with van der Waals surface area (Å²) in [7, 11) is 0. The van der Waals surface area contributed by atoms with Crippen LogP contribution in [0.25, 0.3) is 0 Å². The van der Waals surface area contributed by atoms with Gasteiger partial charge in [0.25, 0.3) is 0 Å². The number of carboxylic acid groups (broad SMARTS) is 1. The zero-order valence-electron chi connectivity index (χ0n) is 23.3. The minimum absolute atomic E-state index is 0.0116. The SMILES string of the molecule is CC(C)CC(=O)N1CCCN(CC(C)C)CCCN(C(=O)C2C(C(=O)O)C2(C)C)Cc2cc(F)ccc21. The zero-order chi connectivity index (χ0) is 27.5.